The third kappa shape index (κ3) is 5.38. The fraction of sp³-hybridized carbons (Fsp3) is 0.261. The Hall–Kier alpha value is -3.00. The van der Waals surface area contributed by atoms with Gasteiger partial charge in [0.25, 0.3) is 0 Å². The average molecular weight is 449 g/mol. The number of alkyl halides is 3. The second kappa shape index (κ2) is 9.01. The second-order valence-corrected chi connectivity index (χ2v) is 8.21. The van der Waals surface area contributed by atoms with Crippen molar-refractivity contribution < 1.29 is 27.8 Å². The van der Waals surface area contributed by atoms with Crippen LogP contribution in [0, 0.1) is 0 Å². The van der Waals surface area contributed by atoms with Crippen LogP contribution in [0.2, 0.25) is 0 Å². The molecule has 0 saturated carbocycles. The normalized spacial score (nSPS) is 11.5. The van der Waals surface area contributed by atoms with Crippen LogP contribution in [0.4, 0.5) is 13.2 Å². The van der Waals surface area contributed by atoms with Crippen LogP contribution in [0.1, 0.15) is 37.1 Å². The van der Waals surface area contributed by atoms with Crippen molar-refractivity contribution in [1.82, 2.24) is 4.57 Å². The monoisotopic (exact) mass is 449 g/mol. The Kier molecular flexibility index (Phi) is 6.59. The van der Waals surface area contributed by atoms with E-state index in [9.17, 15) is 23.1 Å². The Balaban J connectivity index is 1.75. The quantitative estimate of drug-likeness (QED) is 0.389. The summed E-state index contributed by atoms with van der Waals surface area (Å²) >= 11 is 1.54. The summed E-state index contributed by atoms with van der Waals surface area (Å²) in [4.78, 5) is 12.2. The highest BCUT2D eigenvalue weighted by atomic mass is 32.1. The topological polar surface area (TPSA) is 51.5 Å². The van der Waals surface area contributed by atoms with Crippen molar-refractivity contribution in [2.24, 2.45) is 0 Å². The van der Waals surface area contributed by atoms with Crippen molar-refractivity contribution in [1.29, 1.82) is 0 Å². The number of aryl methyl sites for hydroxylation is 1. The first kappa shape index (κ1) is 22.7. The van der Waals surface area contributed by atoms with Crippen molar-refractivity contribution in [2.45, 2.75) is 39.4 Å². The van der Waals surface area contributed by atoms with Crippen LogP contribution in [0.5, 0.6) is 0 Å². The molecule has 2 heterocycles. The lowest BCUT2D eigenvalue weighted by molar-refractivity contribution is -0.138. The highest BCUT2D eigenvalue weighted by Gasteiger charge is 2.30. The lowest BCUT2D eigenvalue weighted by Gasteiger charge is -2.16. The second-order valence-electron chi connectivity index (χ2n) is 7.31. The Morgan fingerprint density at radius 3 is 2.45 bits per heavy atom. The molecule has 0 bridgehead atoms. The minimum atomic E-state index is -4.40. The number of fused-ring (bicyclic) bond motifs is 1. The van der Waals surface area contributed by atoms with Gasteiger partial charge >= 0.3 is 12.1 Å². The van der Waals surface area contributed by atoms with E-state index in [4.69, 9.17) is 4.74 Å². The van der Waals surface area contributed by atoms with E-state index in [0.29, 0.717) is 30.0 Å². The van der Waals surface area contributed by atoms with Crippen molar-refractivity contribution >= 4 is 33.3 Å². The molecule has 0 spiro atoms. The fourth-order valence-electron chi connectivity index (χ4n) is 3.24. The number of carboxylic acid groups (broad SMARTS) is 1. The number of ether oxygens (including phenoxy) is 1. The standard InChI is InChI=1S/C23H22F3NO3S/c1-14(2)20(30-15(3)16-4-6-18(7-5-16)23(24,25)26)8-10-27-19(13-21(28)29)12-17-9-11-31-22(17)27/h4-7,9,11-12H,3,8,10,13H2,1-2H3,(H,28,29). The van der Waals surface area contributed by atoms with E-state index in [-0.39, 0.29) is 12.2 Å². The maximum Gasteiger partial charge on any atom is 0.416 e. The zero-order chi connectivity index (χ0) is 22.8. The van der Waals surface area contributed by atoms with E-state index in [2.05, 4.69) is 6.58 Å². The third-order valence-corrected chi connectivity index (χ3v) is 5.77. The summed E-state index contributed by atoms with van der Waals surface area (Å²) in [5, 5.41) is 12.2. The molecule has 0 fully saturated rings. The molecule has 2 aromatic heterocycles. The molecule has 0 aliphatic carbocycles. The fourth-order valence-corrected chi connectivity index (χ4v) is 4.19. The predicted molar refractivity (Wildman–Crippen MR) is 116 cm³/mol. The largest absolute Gasteiger partial charge is 0.481 e. The highest BCUT2D eigenvalue weighted by Crippen LogP contribution is 2.31. The van der Waals surface area contributed by atoms with Crippen LogP contribution in [-0.2, 0) is 28.7 Å². The number of aromatic nitrogens is 1. The first-order valence-corrected chi connectivity index (χ1v) is 10.4. The number of benzene rings is 1. The molecule has 0 radical (unpaired) electrons. The Morgan fingerprint density at radius 2 is 1.87 bits per heavy atom. The summed E-state index contributed by atoms with van der Waals surface area (Å²) in [5.41, 5.74) is 1.34. The van der Waals surface area contributed by atoms with Crippen molar-refractivity contribution in [3.8, 4) is 0 Å². The lowest BCUT2D eigenvalue weighted by Crippen LogP contribution is -2.09. The molecule has 3 rings (SSSR count). The van der Waals surface area contributed by atoms with Crippen molar-refractivity contribution in [2.75, 3.05) is 0 Å². The maximum atomic E-state index is 12.8. The molecular weight excluding hydrogens is 427 g/mol. The SMILES string of the molecule is C=C(OC(CCn1c(CC(=O)O)cc2ccsc21)=C(C)C)c1ccc(C(F)(F)F)cc1. The number of halogens is 3. The van der Waals surface area contributed by atoms with Crippen LogP contribution < -0.4 is 0 Å². The van der Waals surface area contributed by atoms with Crippen molar-refractivity contribution in [3.05, 3.63) is 76.5 Å². The number of carbonyl (C=O) groups is 1. The summed E-state index contributed by atoms with van der Waals surface area (Å²) in [6.07, 6.45) is -4.00. The van der Waals surface area contributed by atoms with Crippen LogP contribution >= 0.6 is 11.3 Å². The smallest absolute Gasteiger partial charge is 0.416 e. The number of nitrogens with zero attached hydrogens (tertiary/aromatic N) is 1. The molecule has 1 aromatic carbocycles. The van der Waals surface area contributed by atoms with E-state index >= 15 is 0 Å². The van der Waals surface area contributed by atoms with Gasteiger partial charge in [-0.25, -0.2) is 0 Å². The van der Waals surface area contributed by atoms with Gasteiger partial charge in [-0.2, -0.15) is 13.2 Å². The molecule has 1 N–H and O–H groups in total. The van der Waals surface area contributed by atoms with Gasteiger partial charge in [-0.1, -0.05) is 18.7 Å². The van der Waals surface area contributed by atoms with Gasteiger partial charge < -0.3 is 14.4 Å². The van der Waals surface area contributed by atoms with E-state index < -0.39 is 17.7 Å². The van der Waals surface area contributed by atoms with E-state index in [1.54, 1.807) is 0 Å². The highest BCUT2D eigenvalue weighted by molar-refractivity contribution is 7.16. The summed E-state index contributed by atoms with van der Waals surface area (Å²) in [5.74, 6) is -0.00480. The number of carboxylic acids is 1. The molecule has 0 aliphatic heterocycles. The van der Waals surface area contributed by atoms with Gasteiger partial charge in [0.1, 0.15) is 16.3 Å². The molecule has 0 saturated heterocycles. The van der Waals surface area contributed by atoms with Gasteiger partial charge in [-0.05, 0) is 49.1 Å². The first-order valence-electron chi connectivity index (χ1n) is 9.54. The Bertz CT molecular complexity index is 1130. The molecule has 0 aliphatic rings. The molecule has 8 heteroatoms. The molecule has 0 amide bonds. The molecule has 164 valence electrons. The number of rotatable bonds is 8. The predicted octanol–water partition coefficient (Wildman–Crippen LogP) is 6.72. The van der Waals surface area contributed by atoms with Gasteiger partial charge in [0.05, 0.1) is 12.0 Å². The van der Waals surface area contributed by atoms with Crippen molar-refractivity contribution in [3.63, 3.8) is 0 Å². The lowest BCUT2D eigenvalue weighted by atomic mass is 10.1. The Labute approximate surface area is 181 Å². The van der Waals surface area contributed by atoms with E-state index in [1.807, 2.05) is 35.9 Å². The minimum absolute atomic E-state index is 0.0787. The first-order chi connectivity index (χ1) is 14.6. The van der Waals surface area contributed by atoms with Gasteiger partial charge in [-0.15, -0.1) is 11.3 Å². The van der Waals surface area contributed by atoms with Crippen LogP contribution in [0.25, 0.3) is 16.0 Å². The Morgan fingerprint density at radius 1 is 1.19 bits per heavy atom. The third-order valence-electron chi connectivity index (χ3n) is 4.82. The molecule has 0 unspecified atom stereocenters. The zero-order valence-electron chi connectivity index (χ0n) is 17.1. The molecule has 31 heavy (non-hydrogen) atoms. The molecule has 0 atom stereocenters. The minimum Gasteiger partial charge on any atom is -0.481 e. The van der Waals surface area contributed by atoms with E-state index in [0.717, 1.165) is 27.9 Å². The zero-order valence-corrected chi connectivity index (χ0v) is 17.9. The van der Waals surface area contributed by atoms with Crippen LogP contribution in [0.15, 0.2) is 59.7 Å². The average Bonchev–Trinajstić information content (AvgIpc) is 3.25. The van der Waals surface area contributed by atoms with Gasteiger partial charge in [0.15, 0.2) is 0 Å². The molecule has 3 aromatic rings. The molecule has 4 nitrogen and oxygen atoms in total. The summed E-state index contributed by atoms with van der Waals surface area (Å²) in [6, 6.07) is 8.49. The van der Waals surface area contributed by atoms with Gasteiger partial charge in [0.2, 0.25) is 0 Å². The summed E-state index contributed by atoms with van der Waals surface area (Å²) < 4.78 is 46.2. The molecular formula is C23H22F3NO3S. The van der Waals surface area contributed by atoms with Gasteiger partial charge in [0, 0.05) is 29.6 Å². The number of aliphatic carboxylic acids is 1. The maximum absolute atomic E-state index is 12.8. The number of thiophene rings is 1. The van der Waals surface area contributed by atoms with Crippen LogP contribution in [-0.4, -0.2) is 15.6 Å². The summed E-state index contributed by atoms with van der Waals surface area (Å²) in [7, 11) is 0. The van der Waals surface area contributed by atoms with Crippen LogP contribution in [0.3, 0.4) is 0 Å². The van der Waals surface area contributed by atoms with E-state index in [1.165, 1.54) is 23.5 Å². The summed E-state index contributed by atoms with van der Waals surface area (Å²) in [6.45, 7) is 8.13. The number of hydrogen-bond acceptors (Lipinski definition) is 3. The number of allylic oxidation sites excluding steroid dienone is 2. The number of hydrogen-bond donors (Lipinski definition) is 1. The van der Waals surface area contributed by atoms with Gasteiger partial charge in [-0.3, -0.25) is 4.79 Å².